The van der Waals surface area contributed by atoms with Crippen molar-refractivity contribution in [2.45, 2.75) is 64.8 Å². The van der Waals surface area contributed by atoms with Crippen molar-refractivity contribution in [2.24, 2.45) is 0 Å². The summed E-state index contributed by atoms with van der Waals surface area (Å²) in [4.78, 5) is 1.70. The van der Waals surface area contributed by atoms with E-state index in [0.717, 1.165) is 23.6 Å². The maximum atomic E-state index is 5.88. The van der Waals surface area contributed by atoms with Crippen molar-refractivity contribution in [1.82, 2.24) is 20.2 Å². The first-order valence-corrected chi connectivity index (χ1v) is 8.71. The molecule has 1 heterocycles. The van der Waals surface area contributed by atoms with E-state index >= 15 is 0 Å². The predicted octanol–water partition coefficient (Wildman–Crippen LogP) is 5.13. The van der Waals surface area contributed by atoms with Gasteiger partial charge in [0.05, 0.1) is 6.54 Å². The fourth-order valence-electron chi connectivity index (χ4n) is 2.44. The van der Waals surface area contributed by atoms with Gasteiger partial charge in [-0.3, -0.25) is 0 Å². The van der Waals surface area contributed by atoms with Crippen LogP contribution in [0.15, 0.2) is 24.3 Å². The van der Waals surface area contributed by atoms with Crippen LogP contribution >= 0.6 is 11.6 Å². The van der Waals surface area contributed by atoms with E-state index in [0.29, 0.717) is 5.82 Å². The van der Waals surface area contributed by atoms with Crippen molar-refractivity contribution in [2.75, 3.05) is 0 Å². The SMILES string of the molecule is CCCCCCCCCCn1nnc(-c2ccc(Cl)cc2)n1. The molecule has 0 saturated carbocycles. The average molecular weight is 321 g/mol. The molecular weight excluding hydrogens is 296 g/mol. The minimum absolute atomic E-state index is 0.663. The molecule has 0 atom stereocenters. The third kappa shape index (κ3) is 5.76. The van der Waals surface area contributed by atoms with Crippen LogP contribution in [0.3, 0.4) is 0 Å². The standard InChI is InChI=1S/C17H25ClN4/c1-2-3-4-5-6-7-8-9-14-22-20-17(19-21-22)15-10-12-16(18)13-11-15/h10-13H,2-9,14H2,1H3. The van der Waals surface area contributed by atoms with Gasteiger partial charge in [0.1, 0.15) is 0 Å². The summed E-state index contributed by atoms with van der Waals surface area (Å²) in [5, 5.41) is 13.4. The van der Waals surface area contributed by atoms with Crippen molar-refractivity contribution in [1.29, 1.82) is 0 Å². The van der Waals surface area contributed by atoms with Crippen molar-refractivity contribution >= 4 is 11.6 Å². The topological polar surface area (TPSA) is 43.6 Å². The molecule has 2 aromatic rings. The van der Waals surface area contributed by atoms with E-state index in [2.05, 4.69) is 22.3 Å². The van der Waals surface area contributed by atoms with Crippen molar-refractivity contribution in [3.63, 3.8) is 0 Å². The van der Waals surface area contributed by atoms with Gasteiger partial charge in [0.2, 0.25) is 5.82 Å². The minimum atomic E-state index is 0.663. The summed E-state index contributed by atoms with van der Waals surface area (Å²) in [6.45, 7) is 3.10. The van der Waals surface area contributed by atoms with Gasteiger partial charge in [-0.15, -0.1) is 10.2 Å². The lowest BCUT2D eigenvalue weighted by Gasteiger charge is -2.01. The highest BCUT2D eigenvalue weighted by Crippen LogP contribution is 2.17. The average Bonchev–Trinajstić information content (AvgIpc) is 2.99. The molecule has 0 amide bonds. The molecule has 120 valence electrons. The van der Waals surface area contributed by atoms with Crippen molar-refractivity contribution < 1.29 is 0 Å². The third-order valence-corrected chi connectivity index (χ3v) is 4.02. The number of rotatable bonds is 10. The maximum absolute atomic E-state index is 5.88. The quantitative estimate of drug-likeness (QED) is 0.570. The molecule has 0 fully saturated rings. The Morgan fingerprint density at radius 3 is 2.23 bits per heavy atom. The van der Waals surface area contributed by atoms with Gasteiger partial charge < -0.3 is 0 Å². The second-order valence-electron chi connectivity index (χ2n) is 5.69. The highest BCUT2D eigenvalue weighted by molar-refractivity contribution is 6.30. The van der Waals surface area contributed by atoms with Gasteiger partial charge in [-0.2, -0.15) is 4.80 Å². The molecule has 0 N–H and O–H groups in total. The summed E-state index contributed by atoms with van der Waals surface area (Å²) in [5.74, 6) is 0.663. The van der Waals surface area contributed by atoms with Crippen LogP contribution in [0.2, 0.25) is 5.02 Å². The van der Waals surface area contributed by atoms with E-state index in [1.54, 1.807) is 4.80 Å². The van der Waals surface area contributed by atoms with Gasteiger partial charge in [-0.25, -0.2) is 0 Å². The molecule has 0 saturated heterocycles. The number of nitrogens with zero attached hydrogens (tertiary/aromatic N) is 4. The van der Waals surface area contributed by atoms with Gasteiger partial charge in [0.15, 0.2) is 0 Å². The molecular formula is C17H25ClN4. The van der Waals surface area contributed by atoms with E-state index in [4.69, 9.17) is 11.6 Å². The van der Waals surface area contributed by atoms with Gasteiger partial charge in [0.25, 0.3) is 0 Å². The molecule has 4 nitrogen and oxygen atoms in total. The van der Waals surface area contributed by atoms with Crippen molar-refractivity contribution in [3.8, 4) is 11.4 Å². The normalized spacial score (nSPS) is 11.0. The lowest BCUT2D eigenvalue weighted by Crippen LogP contribution is -2.02. The zero-order chi connectivity index (χ0) is 15.6. The van der Waals surface area contributed by atoms with Crippen LogP contribution in [-0.4, -0.2) is 20.2 Å². The number of tetrazole rings is 1. The number of hydrogen-bond donors (Lipinski definition) is 0. The smallest absolute Gasteiger partial charge is 0.164 e. The van der Waals surface area contributed by atoms with E-state index in [1.807, 2.05) is 24.3 Å². The van der Waals surface area contributed by atoms with E-state index in [-0.39, 0.29) is 0 Å². The maximum Gasteiger partial charge on any atom is 0.204 e. The molecule has 0 radical (unpaired) electrons. The Kier molecular flexibility index (Phi) is 7.37. The zero-order valence-electron chi connectivity index (χ0n) is 13.3. The summed E-state index contributed by atoms with van der Waals surface area (Å²) in [5.41, 5.74) is 0.951. The number of aromatic nitrogens is 4. The molecule has 0 aliphatic carbocycles. The molecule has 0 unspecified atom stereocenters. The predicted molar refractivity (Wildman–Crippen MR) is 90.9 cm³/mol. The molecule has 0 bridgehead atoms. The number of halogens is 1. The Labute approximate surface area is 137 Å². The number of benzene rings is 1. The summed E-state index contributed by atoms with van der Waals surface area (Å²) < 4.78 is 0. The molecule has 2 rings (SSSR count). The van der Waals surface area contributed by atoms with Gasteiger partial charge >= 0.3 is 0 Å². The summed E-state index contributed by atoms with van der Waals surface area (Å²) >= 11 is 5.88. The Balaban J connectivity index is 1.66. The highest BCUT2D eigenvalue weighted by Gasteiger charge is 2.05. The number of unbranched alkanes of at least 4 members (excludes halogenated alkanes) is 7. The van der Waals surface area contributed by atoms with Crippen LogP contribution in [0, 0.1) is 0 Å². The van der Waals surface area contributed by atoms with E-state index < -0.39 is 0 Å². The first-order valence-electron chi connectivity index (χ1n) is 8.33. The van der Waals surface area contributed by atoms with Gasteiger partial charge in [-0.05, 0) is 35.9 Å². The summed E-state index contributed by atoms with van der Waals surface area (Å²) in [7, 11) is 0. The van der Waals surface area contributed by atoms with Crippen LogP contribution in [0.1, 0.15) is 58.3 Å². The third-order valence-electron chi connectivity index (χ3n) is 3.77. The summed E-state index contributed by atoms with van der Waals surface area (Å²) in [6.07, 6.45) is 10.4. The highest BCUT2D eigenvalue weighted by atomic mass is 35.5. The van der Waals surface area contributed by atoms with Crippen LogP contribution in [-0.2, 0) is 6.54 Å². The lowest BCUT2D eigenvalue weighted by atomic mass is 10.1. The fourth-order valence-corrected chi connectivity index (χ4v) is 2.57. The lowest BCUT2D eigenvalue weighted by molar-refractivity contribution is 0.472. The Morgan fingerprint density at radius 2 is 1.55 bits per heavy atom. The molecule has 0 aliphatic heterocycles. The molecule has 22 heavy (non-hydrogen) atoms. The summed E-state index contributed by atoms with van der Waals surface area (Å²) in [6, 6.07) is 7.52. The first-order chi connectivity index (χ1) is 10.8. The first kappa shape index (κ1) is 16.9. The molecule has 0 spiro atoms. The Hall–Kier alpha value is -1.42. The number of aryl methyl sites for hydroxylation is 1. The van der Waals surface area contributed by atoms with Gasteiger partial charge in [0, 0.05) is 10.6 Å². The van der Waals surface area contributed by atoms with Gasteiger partial charge in [-0.1, -0.05) is 63.5 Å². The van der Waals surface area contributed by atoms with Crippen LogP contribution in [0.5, 0.6) is 0 Å². The van der Waals surface area contributed by atoms with E-state index in [9.17, 15) is 0 Å². The van der Waals surface area contributed by atoms with Crippen LogP contribution in [0.25, 0.3) is 11.4 Å². The van der Waals surface area contributed by atoms with Crippen LogP contribution in [0.4, 0.5) is 0 Å². The zero-order valence-corrected chi connectivity index (χ0v) is 14.1. The fraction of sp³-hybridized carbons (Fsp3) is 0.588. The van der Waals surface area contributed by atoms with Crippen LogP contribution < -0.4 is 0 Å². The largest absolute Gasteiger partial charge is 0.204 e. The molecule has 5 heteroatoms. The monoisotopic (exact) mass is 320 g/mol. The second-order valence-corrected chi connectivity index (χ2v) is 6.13. The van der Waals surface area contributed by atoms with Crippen molar-refractivity contribution in [3.05, 3.63) is 29.3 Å². The Morgan fingerprint density at radius 1 is 0.909 bits per heavy atom. The molecule has 1 aromatic heterocycles. The molecule has 0 aliphatic rings. The second kappa shape index (κ2) is 9.57. The van der Waals surface area contributed by atoms with E-state index in [1.165, 1.54) is 44.9 Å². The molecule has 1 aromatic carbocycles. The number of hydrogen-bond acceptors (Lipinski definition) is 3. The Bertz CT molecular complexity index is 536. The minimum Gasteiger partial charge on any atom is -0.164 e.